The van der Waals surface area contributed by atoms with Crippen LogP contribution in [0, 0.1) is 17.5 Å². The largest absolute Gasteiger partial charge is 0.383 e. The third kappa shape index (κ3) is 2.05. The van der Waals surface area contributed by atoms with Crippen molar-refractivity contribution in [2.45, 2.75) is 0 Å². The fraction of sp³-hybridized carbons (Fsp3) is 0. The summed E-state index contributed by atoms with van der Waals surface area (Å²) in [6.45, 7) is 0. The molecule has 0 atom stereocenters. The molecule has 0 aliphatic rings. The molecule has 0 aliphatic heterocycles. The van der Waals surface area contributed by atoms with Gasteiger partial charge in [0.25, 0.3) is 0 Å². The summed E-state index contributed by atoms with van der Waals surface area (Å²) in [5, 5.41) is 0.344. The first-order valence-corrected chi connectivity index (χ1v) is 5.73. The number of fused-ring (bicyclic) bond motifs is 1. The predicted octanol–water partition coefficient (Wildman–Crippen LogP) is 3.30. The van der Waals surface area contributed by atoms with Crippen LogP contribution in [-0.2, 0) is 0 Å². The molecule has 3 aromatic rings. The smallest absolute Gasteiger partial charge is 0.165 e. The number of hydrogen-bond donors (Lipinski definition) is 1. The summed E-state index contributed by atoms with van der Waals surface area (Å²) >= 11 is 0. The number of nitrogens with zero attached hydrogens (tertiary/aromatic N) is 2. The molecule has 20 heavy (non-hydrogen) atoms. The number of anilines is 1. The van der Waals surface area contributed by atoms with Crippen LogP contribution in [-0.4, -0.2) is 9.97 Å². The van der Waals surface area contributed by atoms with E-state index in [9.17, 15) is 13.2 Å². The highest BCUT2D eigenvalue weighted by atomic mass is 19.1. The van der Waals surface area contributed by atoms with E-state index in [1.807, 2.05) is 0 Å². The van der Waals surface area contributed by atoms with Gasteiger partial charge in [-0.2, -0.15) is 0 Å². The van der Waals surface area contributed by atoms with Crippen LogP contribution in [0.25, 0.3) is 22.3 Å². The minimum Gasteiger partial charge on any atom is -0.383 e. The predicted molar refractivity (Wildman–Crippen MR) is 69.3 cm³/mol. The summed E-state index contributed by atoms with van der Waals surface area (Å²) in [5.41, 5.74) is 6.15. The summed E-state index contributed by atoms with van der Waals surface area (Å²) < 4.78 is 39.7. The van der Waals surface area contributed by atoms with E-state index in [0.29, 0.717) is 10.9 Å². The zero-order chi connectivity index (χ0) is 14.3. The molecular weight excluding hydrogens is 267 g/mol. The first-order valence-electron chi connectivity index (χ1n) is 5.73. The van der Waals surface area contributed by atoms with Crippen molar-refractivity contribution in [3.8, 4) is 11.4 Å². The molecule has 2 N–H and O–H groups in total. The van der Waals surface area contributed by atoms with Crippen molar-refractivity contribution in [3.05, 3.63) is 53.8 Å². The maximum Gasteiger partial charge on any atom is 0.165 e. The molecule has 0 amide bonds. The Morgan fingerprint density at radius 3 is 2.30 bits per heavy atom. The summed E-state index contributed by atoms with van der Waals surface area (Å²) in [6, 6.07) is 6.92. The van der Waals surface area contributed by atoms with Gasteiger partial charge in [0.15, 0.2) is 5.82 Å². The standard InChI is InChI=1S/C14H8F3N3/c15-7-2-4-12-10(5-7)13(18)20-14(19-12)9-3-1-8(16)6-11(9)17/h1-6H,(H2,18,19,20). The zero-order valence-corrected chi connectivity index (χ0v) is 10.1. The molecule has 0 bridgehead atoms. The van der Waals surface area contributed by atoms with Crippen molar-refractivity contribution in [3.63, 3.8) is 0 Å². The quantitative estimate of drug-likeness (QED) is 0.741. The van der Waals surface area contributed by atoms with Crippen molar-refractivity contribution >= 4 is 16.7 Å². The first kappa shape index (κ1) is 12.4. The fourth-order valence-electron chi connectivity index (χ4n) is 1.92. The molecular formula is C14H8F3N3. The number of rotatable bonds is 1. The lowest BCUT2D eigenvalue weighted by Crippen LogP contribution is -1.99. The topological polar surface area (TPSA) is 51.8 Å². The first-order chi connectivity index (χ1) is 9.54. The second-order valence-electron chi connectivity index (χ2n) is 4.22. The second-order valence-corrected chi connectivity index (χ2v) is 4.22. The van der Waals surface area contributed by atoms with Crippen molar-refractivity contribution in [2.75, 3.05) is 5.73 Å². The number of aromatic nitrogens is 2. The maximum absolute atomic E-state index is 13.7. The van der Waals surface area contributed by atoms with Crippen LogP contribution in [0.15, 0.2) is 36.4 Å². The Morgan fingerprint density at radius 1 is 0.850 bits per heavy atom. The van der Waals surface area contributed by atoms with E-state index in [0.717, 1.165) is 12.1 Å². The van der Waals surface area contributed by atoms with Gasteiger partial charge in [0.1, 0.15) is 23.3 Å². The van der Waals surface area contributed by atoms with Gasteiger partial charge in [0.05, 0.1) is 11.1 Å². The highest BCUT2D eigenvalue weighted by molar-refractivity contribution is 5.89. The Bertz CT molecular complexity index is 818. The number of benzene rings is 2. The van der Waals surface area contributed by atoms with E-state index >= 15 is 0 Å². The highest BCUT2D eigenvalue weighted by Gasteiger charge is 2.12. The van der Waals surface area contributed by atoms with E-state index in [4.69, 9.17) is 5.73 Å². The van der Waals surface area contributed by atoms with Crippen LogP contribution in [0.4, 0.5) is 19.0 Å². The highest BCUT2D eigenvalue weighted by Crippen LogP contribution is 2.25. The van der Waals surface area contributed by atoms with Crippen LogP contribution in [0.2, 0.25) is 0 Å². The SMILES string of the molecule is Nc1nc(-c2ccc(F)cc2F)nc2ccc(F)cc12. The third-order valence-electron chi connectivity index (χ3n) is 2.86. The Labute approximate surface area is 111 Å². The monoisotopic (exact) mass is 275 g/mol. The van der Waals surface area contributed by atoms with Crippen LogP contribution >= 0.6 is 0 Å². The Kier molecular flexibility index (Phi) is 2.78. The number of hydrogen-bond acceptors (Lipinski definition) is 3. The van der Waals surface area contributed by atoms with E-state index < -0.39 is 17.5 Å². The summed E-state index contributed by atoms with van der Waals surface area (Å²) in [6.07, 6.45) is 0. The number of halogens is 3. The number of nitrogens with two attached hydrogens (primary N) is 1. The zero-order valence-electron chi connectivity index (χ0n) is 10.1. The summed E-state index contributed by atoms with van der Waals surface area (Å²) in [7, 11) is 0. The molecule has 2 aromatic carbocycles. The molecule has 100 valence electrons. The van der Waals surface area contributed by atoms with Crippen molar-refractivity contribution in [2.24, 2.45) is 0 Å². The molecule has 1 heterocycles. The molecule has 0 saturated carbocycles. The maximum atomic E-state index is 13.7. The van der Waals surface area contributed by atoms with Crippen molar-refractivity contribution < 1.29 is 13.2 Å². The molecule has 0 radical (unpaired) electrons. The summed E-state index contributed by atoms with van der Waals surface area (Å²) in [5.74, 6) is -1.88. The van der Waals surface area contributed by atoms with E-state index in [1.54, 1.807) is 0 Å². The van der Waals surface area contributed by atoms with Gasteiger partial charge in [0.2, 0.25) is 0 Å². The molecule has 3 nitrogen and oxygen atoms in total. The molecule has 0 spiro atoms. The Morgan fingerprint density at radius 2 is 1.55 bits per heavy atom. The lowest BCUT2D eigenvalue weighted by atomic mass is 10.1. The van der Waals surface area contributed by atoms with E-state index in [1.165, 1.54) is 24.3 Å². The van der Waals surface area contributed by atoms with Gasteiger partial charge < -0.3 is 5.73 Å². The van der Waals surface area contributed by atoms with Crippen LogP contribution < -0.4 is 5.73 Å². The van der Waals surface area contributed by atoms with Gasteiger partial charge in [-0.1, -0.05) is 0 Å². The third-order valence-corrected chi connectivity index (χ3v) is 2.86. The average molecular weight is 275 g/mol. The molecule has 0 fully saturated rings. The molecule has 0 saturated heterocycles. The normalized spacial score (nSPS) is 10.9. The molecule has 3 rings (SSSR count). The summed E-state index contributed by atoms with van der Waals surface area (Å²) in [4.78, 5) is 8.06. The number of nitrogen functional groups attached to an aromatic ring is 1. The van der Waals surface area contributed by atoms with E-state index in [-0.39, 0.29) is 17.2 Å². The molecule has 1 aromatic heterocycles. The van der Waals surface area contributed by atoms with Gasteiger partial charge in [0, 0.05) is 11.5 Å². The molecule has 0 aliphatic carbocycles. The minimum absolute atomic E-state index is 0.0270. The lowest BCUT2D eigenvalue weighted by Gasteiger charge is -2.06. The van der Waals surface area contributed by atoms with Gasteiger partial charge in [-0.3, -0.25) is 0 Å². The Hall–Kier alpha value is -2.63. The van der Waals surface area contributed by atoms with Crippen LogP contribution in [0.3, 0.4) is 0 Å². The fourth-order valence-corrected chi connectivity index (χ4v) is 1.92. The molecule has 0 unspecified atom stereocenters. The van der Waals surface area contributed by atoms with Crippen LogP contribution in [0.5, 0.6) is 0 Å². The van der Waals surface area contributed by atoms with Crippen LogP contribution in [0.1, 0.15) is 0 Å². The van der Waals surface area contributed by atoms with Crippen molar-refractivity contribution in [1.29, 1.82) is 0 Å². The average Bonchev–Trinajstić information content (AvgIpc) is 2.39. The lowest BCUT2D eigenvalue weighted by molar-refractivity contribution is 0.585. The second kappa shape index (κ2) is 4.48. The Balaban J connectivity index is 2.24. The van der Waals surface area contributed by atoms with Gasteiger partial charge in [-0.05, 0) is 30.3 Å². The van der Waals surface area contributed by atoms with Gasteiger partial charge in [-0.15, -0.1) is 0 Å². The van der Waals surface area contributed by atoms with Gasteiger partial charge >= 0.3 is 0 Å². The van der Waals surface area contributed by atoms with Crippen molar-refractivity contribution in [1.82, 2.24) is 9.97 Å². The minimum atomic E-state index is -0.786. The van der Waals surface area contributed by atoms with E-state index in [2.05, 4.69) is 9.97 Å². The van der Waals surface area contributed by atoms with Gasteiger partial charge in [-0.25, -0.2) is 23.1 Å². The molecule has 6 heteroatoms.